The largest absolute Gasteiger partial charge is 0.378 e. The second kappa shape index (κ2) is 9.47. The van der Waals surface area contributed by atoms with Gasteiger partial charge in [-0.2, -0.15) is 5.10 Å². The predicted molar refractivity (Wildman–Crippen MR) is 107 cm³/mol. The second-order valence-corrected chi connectivity index (χ2v) is 6.12. The van der Waals surface area contributed by atoms with E-state index in [1.807, 2.05) is 35.2 Å². The molecule has 1 aliphatic rings. The summed E-state index contributed by atoms with van der Waals surface area (Å²) in [6.45, 7) is 2.38. The summed E-state index contributed by atoms with van der Waals surface area (Å²) in [7, 11) is 0. The van der Waals surface area contributed by atoms with Gasteiger partial charge in [0.15, 0.2) is 0 Å². The van der Waals surface area contributed by atoms with E-state index in [0.717, 1.165) is 5.69 Å². The summed E-state index contributed by atoms with van der Waals surface area (Å²) in [5.74, 6) is -0.320. The van der Waals surface area contributed by atoms with Gasteiger partial charge in [-0.25, -0.2) is 5.43 Å². The molecule has 1 amide bonds. The van der Waals surface area contributed by atoms with Gasteiger partial charge in [-0.1, -0.05) is 24.3 Å². The number of morpholine rings is 1. The molecule has 0 aromatic heterocycles. The van der Waals surface area contributed by atoms with Crippen LogP contribution in [-0.2, 0) is 9.53 Å². The van der Waals surface area contributed by atoms with Crippen LogP contribution in [0, 0.1) is 10.1 Å². The minimum atomic E-state index is -0.412. The Kier molecular flexibility index (Phi) is 6.53. The molecule has 3 rings (SSSR count). The maximum Gasteiger partial charge on any atom is 0.293 e. The van der Waals surface area contributed by atoms with Crippen molar-refractivity contribution in [1.82, 2.24) is 5.43 Å². The molecule has 28 heavy (non-hydrogen) atoms. The molecule has 2 aromatic carbocycles. The molecule has 0 unspecified atom stereocenters. The Balaban J connectivity index is 1.59. The predicted octanol–water partition coefficient (Wildman–Crippen LogP) is 1.99. The van der Waals surface area contributed by atoms with Gasteiger partial charge >= 0.3 is 0 Å². The molecule has 0 bridgehead atoms. The number of para-hydroxylation sites is 1. The normalized spacial score (nSPS) is 14.1. The van der Waals surface area contributed by atoms with Crippen molar-refractivity contribution in [3.8, 4) is 0 Å². The zero-order valence-corrected chi connectivity index (χ0v) is 15.2. The van der Waals surface area contributed by atoms with Crippen molar-refractivity contribution in [3.63, 3.8) is 0 Å². The zero-order chi connectivity index (χ0) is 19.8. The van der Waals surface area contributed by atoms with E-state index in [-0.39, 0.29) is 18.1 Å². The monoisotopic (exact) mass is 383 g/mol. The van der Waals surface area contributed by atoms with Crippen molar-refractivity contribution >= 4 is 29.2 Å². The molecule has 1 heterocycles. The number of rotatable bonds is 7. The number of nitro groups is 1. The lowest BCUT2D eigenvalue weighted by molar-refractivity contribution is -0.384. The Labute approximate surface area is 162 Å². The number of hydrogen-bond acceptors (Lipinski definition) is 7. The Hall–Kier alpha value is -3.46. The minimum Gasteiger partial charge on any atom is -0.378 e. The molecule has 0 saturated carbocycles. The quantitative estimate of drug-likeness (QED) is 0.430. The van der Waals surface area contributed by atoms with Crippen LogP contribution in [0.15, 0.2) is 53.6 Å². The van der Waals surface area contributed by atoms with Gasteiger partial charge in [-0.05, 0) is 18.2 Å². The van der Waals surface area contributed by atoms with Crippen LogP contribution >= 0.6 is 0 Å². The van der Waals surface area contributed by atoms with Crippen molar-refractivity contribution in [3.05, 3.63) is 64.2 Å². The first-order chi connectivity index (χ1) is 13.6. The fraction of sp³-hybridized carbons (Fsp3) is 0.263. The number of carbonyl (C=O) groups is 1. The first-order valence-corrected chi connectivity index (χ1v) is 8.85. The molecule has 2 aromatic rings. The highest BCUT2D eigenvalue weighted by molar-refractivity contribution is 5.86. The van der Waals surface area contributed by atoms with Crippen molar-refractivity contribution in [2.75, 3.05) is 43.1 Å². The molecule has 1 aliphatic heterocycles. The Bertz CT molecular complexity index is 851. The number of carbonyl (C=O) groups excluding carboxylic acids is 1. The topological polar surface area (TPSA) is 109 Å². The summed E-state index contributed by atoms with van der Waals surface area (Å²) in [6.07, 6.45) is 1.39. The van der Waals surface area contributed by atoms with Gasteiger partial charge in [0.1, 0.15) is 5.69 Å². The Morgan fingerprint density at radius 1 is 1.21 bits per heavy atom. The van der Waals surface area contributed by atoms with Gasteiger partial charge in [0.2, 0.25) is 0 Å². The van der Waals surface area contributed by atoms with Crippen molar-refractivity contribution in [2.45, 2.75) is 0 Å². The first kappa shape index (κ1) is 19.3. The number of ether oxygens (including phenoxy) is 1. The Morgan fingerprint density at radius 2 is 1.96 bits per heavy atom. The molecular weight excluding hydrogens is 362 g/mol. The number of hydrazone groups is 1. The van der Waals surface area contributed by atoms with Gasteiger partial charge in [0.05, 0.1) is 30.9 Å². The standard InChI is InChI=1S/C19H21N5O4/c25-19(14-20-16-4-2-1-3-5-16)22-21-13-15-6-7-17(18(12-15)24(26)27)23-8-10-28-11-9-23/h1-7,12-13,20H,8-11,14H2,(H,22,25). The molecule has 9 nitrogen and oxygen atoms in total. The van der Waals surface area contributed by atoms with Crippen molar-refractivity contribution in [1.29, 1.82) is 0 Å². The SMILES string of the molecule is O=C(CNc1ccccc1)NN=Cc1ccc(N2CCOCC2)c([N+](=O)[O-])c1. The van der Waals surface area contributed by atoms with E-state index in [1.54, 1.807) is 12.1 Å². The van der Waals surface area contributed by atoms with E-state index < -0.39 is 4.92 Å². The molecule has 0 atom stereocenters. The minimum absolute atomic E-state index is 0.00270. The summed E-state index contributed by atoms with van der Waals surface area (Å²) in [4.78, 5) is 24.8. The van der Waals surface area contributed by atoms with Gasteiger partial charge in [0.25, 0.3) is 11.6 Å². The van der Waals surface area contributed by atoms with E-state index in [2.05, 4.69) is 15.8 Å². The molecule has 2 N–H and O–H groups in total. The summed E-state index contributed by atoms with van der Waals surface area (Å²) in [5, 5.41) is 18.3. The number of anilines is 2. The van der Waals surface area contributed by atoms with Crippen LogP contribution in [0.4, 0.5) is 17.1 Å². The summed E-state index contributed by atoms with van der Waals surface area (Å²) in [6, 6.07) is 14.2. The molecule has 1 fully saturated rings. The lowest BCUT2D eigenvalue weighted by Gasteiger charge is -2.28. The molecule has 146 valence electrons. The van der Waals surface area contributed by atoms with Crippen molar-refractivity contribution < 1.29 is 14.5 Å². The number of benzene rings is 2. The smallest absolute Gasteiger partial charge is 0.293 e. The number of nitrogens with zero attached hydrogens (tertiary/aromatic N) is 3. The van der Waals surface area contributed by atoms with Crippen LogP contribution in [0.3, 0.4) is 0 Å². The van der Waals surface area contributed by atoms with Crippen LogP contribution < -0.4 is 15.6 Å². The van der Waals surface area contributed by atoms with Gasteiger partial charge < -0.3 is 15.0 Å². The molecule has 1 saturated heterocycles. The Morgan fingerprint density at radius 3 is 2.68 bits per heavy atom. The van der Waals surface area contributed by atoms with E-state index in [0.29, 0.717) is 37.6 Å². The lowest BCUT2D eigenvalue weighted by Crippen LogP contribution is -2.36. The fourth-order valence-electron chi connectivity index (χ4n) is 2.80. The third-order valence-electron chi connectivity index (χ3n) is 4.18. The third kappa shape index (κ3) is 5.27. The van der Waals surface area contributed by atoms with Crippen LogP contribution in [0.5, 0.6) is 0 Å². The highest BCUT2D eigenvalue weighted by Gasteiger charge is 2.21. The lowest BCUT2D eigenvalue weighted by atomic mass is 10.1. The van der Waals surface area contributed by atoms with Crippen LogP contribution in [-0.4, -0.2) is 49.9 Å². The highest BCUT2D eigenvalue weighted by Crippen LogP contribution is 2.29. The number of amides is 1. The average Bonchev–Trinajstić information content (AvgIpc) is 2.73. The van der Waals surface area contributed by atoms with Gasteiger partial charge in [-0.3, -0.25) is 14.9 Å². The summed E-state index contributed by atoms with van der Waals surface area (Å²) < 4.78 is 5.29. The van der Waals surface area contributed by atoms with E-state index in [9.17, 15) is 14.9 Å². The maximum atomic E-state index is 11.8. The van der Waals surface area contributed by atoms with Crippen LogP contribution in [0.2, 0.25) is 0 Å². The van der Waals surface area contributed by atoms with E-state index in [4.69, 9.17) is 4.74 Å². The zero-order valence-electron chi connectivity index (χ0n) is 15.2. The molecule has 0 radical (unpaired) electrons. The average molecular weight is 383 g/mol. The van der Waals surface area contributed by atoms with Gasteiger partial charge in [0, 0.05) is 30.4 Å². The third-order valence-corrected chi connectivity index (χ3v) is 4.18. The molecule has 0 aliphatic carbocycles. The van der Waals surface area contributed by atoms with E-state index in [1.165, 1.54) is 12.3 Å². The fourth-order valence-corrected chi connectivity index (χ4v) is 2.80. The van der Waals surface area contributed by atoms with Crippen LogP contribution in [0.25, 0.3) is 0 Å². The van der Waals surface area contributed by atoms with Gasteiger partial charge in [-0.15, -0.1) is 0 Å². The maximum absolute atomic E-state index is 11.8. The number of nitrogens with one attached hydrogen (secondary N) is 2. The molecular formula is C19H21N5O4. The highest BCUT2D eigenvalue weighted by atomic mass is 16.6. The number of hydrogen-bond donors (Lipinski definition) is 2. The molecule has 0 spiro atoms. The van der Waals surface area contributed by atoms with E-state index >= 15 is 0 Å². The molecule has 9 heteroatoms. The summed E-state index contributed by atoms with van der Waals surface area (Å²) >= 11 is 0. The summed E-state index contributed by atoms with van der Waals surface area (Å²) in [5.41, 5.74) is 4.32. The number of nitro benzene ring substituents is 1. The van der Waals surface area contributed by atoms with Crippen LogP contribution in [0.1, 0.15) is 5.56 Å². The van der Waals surface area contributed by atoms with Crippen molar-refractivity contribution in [2.24, 2.45) is 5.10 Å². The first-order valence-electron chi connectivity index (χ1n) is 8.85. The second-order valence-electron chi connectivity index (χ2n) is 6.12.